The van der Waals surface area contributed by atoms with Gasteiger partial charge < -0.3 is 10.4 Å². The van der Waals surface area contributed by atoms with E-state index in [0.29, 0.717) is 25.5 Å². The van der Waals surface area contributed by atoms with Gasteiger partial charge in [-0.15, -0.1) is 10.2 Å². The Balaban J connectivity index is 1.37. The Labute approximate surface area is 160 Å². The first-order chi connectivity index (χ1) is 13.1. The zero-order valence-corrected chi connectivity index (χ0v) is 15.3. The third-order valence-electron chi connectivity index (χ3n) is 3.54. The number of phenolic OH excluding ortho intramolecular Hbond substituents is 1. The highest BCUT2D eigenvalue weighted by molar-refractivity contribution is 7.22. The largest absolute Gasteiger partial charge is 0.508 e. The summed E-state index contributed by atoms with van der Waals surface area (Å²) in [6.45, 7) is -0.00354. The SMILES string of the molecule is O=C(CNc1nc2ccc(F)cc2s1)Nc1nnc(-c2ccc(O)cc2)s1. The Morgan fingerprint density at radius 3 is 2.70 bits per heavy atom. The quantitative estimate of drug-likeness (QED) is 0.471. The molecule has 0 aliphatic heterocycles. The molecule has 3 N–H and O–H groups in total. The van der Waals surface area contributed by atoms with Gasteiger partial charge in [0.25, 0.3) is 0 Å². The zero-order valence-electron chi connectivity index (χ0n) is 13.6. The molecule has 0 spiro atoms. The van der Waals surface area contributed by atoms with E-state index in [9.17, 15) is 14.3 Å². The lowest BCUT2D eigenvalue weighted by atomic mass is 10.2. The summed E-state index contributed by atoms with van der Waals surface area (Å²) in [6, 6.07) is 10.9. The van der Waals surface area contributed by atoms with Gasteiger partial charge in [-0.25, -0.2) is 9.37 Å². The summed E-state index contributed by atoms with van der Waals surface area (Å²) in [6.07, 6.45) is 0. The Bertz CT molecular complexity index is 1110. The number of nitrogens with one attached hydrogen (secondary N) is 2. The summed E-state index contributed by atoms with van der Waals surface area (Å²) >= 11 is 2.50. The molecule has 4 aromatic rings. The van der Waals surface area contributed by atoms with Crippen LogP contribution in [0, 0.1) is 5.82 Å². The molecule has 10 heteroatoms. The number of thiazole rings is 1. The molecular weight excluding hydrogens is 389 g/mol. The first-order valence-electron chi connectivity index (χ1n) is 7.79. The molecule has 4 rings (SSSR count). The van der Waals surface area contributed by atoms with Gasteiger partial charge in [0.2, 0.25) is 11.0 Å². The second-order valence-corrected chi connectivity index (χ2v) is 7.50. The Morgan fingerprint density at radius 1 is 1.07 bits per heavy atom. The van der Waals surface area contributed by atoms with Crippen LogP contribution in [0.15, 0.2) is 42.5 Å². The first-order valence-corrected chi connectivity index (χ1v) is 9.43. The van der Waals surface area contributed by atoms with E-state index in [1.165, 1.54) is 34.8 Å². The number of nitrogens with zero attached hydrogens (tertiary/aromatic N) is 3. The summed E-state index contributed by atoms with van der Waals surface area (Å²) in [4.78, 5) is 16.4. The van der Waals surface area contributed by atoms with Crippen molar-refractivity contribution in [2.45, 2.75) is 0 Å². The van der Waals surface area contributed by atoms with Gasteiger partial charge in [-0.2, -0.15) is 0 Å². The smallest absolute Gasteiger partial charge is 0.245 e. The number of carbonyl (C=O) groups excluding carboxylic acids is 1. The van der Waals surface area contributed by atoms with Crippen LogP contribution in [0.4, 0.5) is 14.7 Å². The van der Waals surface area contributed by atoms with Crippen molar-refractivity contribution in [1.29, 1.82) is 0 Å². The third-order valence-corrected chi connectivity index (χ3v) is 5.40. The number of carbonyl (C=O) groups is 1. The maximum Gasteiger partial charge on any atom is 0.245 e. The van der Waals surface area contributed by atoms with Crippen LogP contribution >= 0.6 is 22.7 Å². The van der Waals surface area contributed by atoms with Crippen LogP contribution in [-0.2, 0) is 4.79 Å². The monoisotopic (exact) mass is 401 g/mol. The highest BCUT2D eigenvalue weighted by Gasteiger charge is 2.11. The molecule has 0 saturated carbocycles. The third kappa shape index (κ3) is 4.01. The van der Waals surface area contributed by atoms with E-state index in [2.05, 4.69) is 25.8 Å². The van der Waals surface area contributed by atoms with Crippen LogP contribution in [0.25, 0.3) is 20.8 Å². The number of rotatable bonds is 5. The molecular formula is C17H12FN5O2S2. The number of hydrogen-bond acceptors (Lipinski definition) is 8. The van der Waals surface area contributed by atoms with Gasteiger partial charge in [0.05, 0.1) is 16.8 Å². The van der Waals surface area contributed by atoms with Crippen LogP contribution in [0.2, 0.25) is 0 Å². The van der Waals surface area contributed by atoms with Gasteiger partial charge in [-0.1, -0.05) is 22.7 Å². The van der Waals surface area contributed by atoms with Crippen molar-refractivity contribution in [3.63, 3.8) is 0 Å². The molecule has 0 bridgehead atoms. The van der Waals surface area contributed by atoms with Crippen LogP contribution in [0.5, 0.6) is 5.75 Å². The molecule has 27 heavy (non-hydrogen) atoms. The number of fused-ring (bicyclic) bond motifs is 1. The summed E-state index contributed by atoms with van der Waals surface area (Å²) in [5, 5.41) is 24.4. The van der Waals surface area contributed by atoms with Gasteiger partial charge in [0.15, 0.2) is 5.13 Å². The maximum absolute atomic E-state index is 13.2. The minimum Gasteiger partial charge on any atom is -0.508 e. The van der Waals surface area contributed by atoms with E-state index in [-0.39, 0.29) is 24.0 Å². The van der Waals surface area contributed by atoms with Gasteiger partial charge in [0.1, 0.15) is 16.6 Å². The number of aromatic nitrogens is 3. The molecule has 0 radical (unpaired) electrons. The van der Waals surface area contributed by atoms with E-state index in [1.54, 1.807) is 30.3 Å². The standard InChI is InChI=1S/C17H12FN5O2S2/c18-10-3-6-12-13(7-10)26-16(20-12)19-8-14(25)21-17-23-22-15(27-17)9-1-4-11(24)5-2-9/h1-7,24H,8H2,(H,19,20)(H,21,23,25). The molecule has 1 amide bonds. The number of benzene rings is 2. The lowest BCUT2D eigenvalue weighted by molar-refractivity contribution is -0.114. The van der Waals surface area contributed by atoms with Crippen molar-refractivity contribution in [2.24, 2.45) is 0 Å². The Morgan fingerprint density at radius 2 is 1.89 bits per heavy atom. The van der Waals surface area contributed by atoms with E-state index < -0.39 is 0 Å². The van der Waals surface area contributed by atoms with Crippen LogP contribution in [-0.4, -0.2) is 32.7 Å². The lowest BCUT2D eigenvalue weighted by Crippen LogP contribution is -2.21. The van der Waals surface area contributed by atoms with Crippen molar-refractivity contribution >= 4 is 49.1 Å². The molecule has 0 aliphatic carbocycles. The van der Waals surface area contributed by atoms with E-state index in [4.69, 9.17) is 0 Å². The average Bonchev–Trinajstić information content (AvgIpc) is 3.27. The molecule has 2 aromatic carbocycles. The fourth-order valence-corrected chi connectivity index (χ4v) is 3.94. The van der Waals surface area contributed by atoms with Gasteiger partial charge in [-0.3, -0.25) is 10.1 Å². The normalized spacial score (nSPS) is 10.9. The fraction of sp³-hybridized carbons (Fsp3) is 0.0588. The number of halogens is 1. The van der Waals surface area contributed by atoms with Crippen molar-refractivity contribution < 1.29 is 14.3 Å². The molecule has 2 aromatic heterocycles. The van der Waals surface area contributed by atoms with Crippen molar-refractivity contribution in [1.82, 2.24) is 15.2 Å². The Hall–Kier alpha value is -3.11. The minimum atomic E-state index is -0.323. The summed E-state index contributed by atoms with van der Waals surface area (Å²) < 4.78 is 13.9. The molecule has 0 saturated heterocycles. The van der Waals surface area contributed by atoms with Crippen LogP contribution < -0.4 is 10.6 Å². The summed E-state index contributed by atoms with van der Waals surface area (Å²) in [5.41, 5.74) is 1.47. The number of amides is 1. The minimum absolute atomic E-state index is 0.00354. The number of hydrogen-bond donors (Lipinski definition) is 3. The zero-order chi connectivity index (χ0) is 18.8. The van der Waals surface area contributed by atoms with Crippen LogP contribution in [0.1, 0.15) is 0 Å². The first kappa shape index (κ1) is 17.3. The number of phenols is 1. The van der Waals surface area contributed by atoms with E-state index in [0.717, 1.165) is 5.56 Å². The van der Waals surface area contributed by atoms with Gasteiger partial charge in [-0.05, 0) is 42.5 Å². The van der Waals surface area contributed by atoms with E-state index in [1.807, 2.05) is 0 Å². The predicted octanol–water partition coefficient (Wildman–Crippen LogP) is 3.71. The van der Waals surface area contributed by atoms with Crippen molar-refractivity contribution in [3.05, 3.63) is 48.3 Å². The molecule has 0 fully saturated rings. The van der Waals surface area contributed by atoms with Gasteiger partial charge in [0, 0.05) is 5.56 Å². The molecule has 7 nitrogen and oxygen atoms in total. The van der Waals surface area contributed by atoms with E-state index >= 15 is 0 Å². The highest BCUT2D eigenvalue weighted by atomic mass is 32.1. The van der Waals surface area contributed by atoms with Crippen molar-refractivity contribution in [3.8, 4) is 16.3 Å². The predicted molar refractivity (Wildman–Crippen MR) is 104 cm³/mol. The Kier molecular flexibility index (Phi) is 4.65. The topological polar surface area (TPSA) is 100 Å². The summed E-state index contributed by atoms with van der Waals surface area (Å²) in [5.74, 6) is -0.453. The molecule has 0 atom stereocenters. The highest BCUT2D eigenvalue weighted by Crippen LogP contribution is 2.28. The number of anilines is 2. The maximum atomic E-state index is 13.2. The van der Waals surface area contributed by atoms with Crippen LogP contribution in [0.3, 0.4) is 0 Å². The second kappa shape index (κ2) is 7.25. The second-order valence-electron chi connectivity index (χ2n) is 5.49. The lowest BCUT2D eigenvalue weighted by Gasteiger charge is -2.01. The molecule has 2 heterocycles. The number of aromatic hydroxyl groups is 1. The van der Waals surface area contributed by atoms with Crippen molar-refractivity contribution in [2.75, 3.05) is 17.2 Å². The van der Waals surface area contributed by atoms with Gasteiger partial charge >= 0.3 is 0 Å². The molecule has 136 valence electrons. The fourth-order valence-electron chi connectivity index (χ4n) is 2.29. The summed E-state index contributed by atoms with van der Waals surface area (Å²) in [7, 11) is 0. The molecule has 0 unspecified atom stereocenters. The average molecular weight is 401 g/mol. The molecule has 0 aliphatic rings.